The van der Waals surface area contributed by atoms with Gasteiger partial charge in [-0.2, -0.15) is 0 Å². The second-order valence-electron chi connectivity index (χ2n) is 8.81. The van der Waals surface area contributed by atoms with Gasteiger partial charge in [0.2, 0.25) is 0 Å². The van der Waals surface area contributed by atoms with Crippen LogP contribution in [0.15, 0.2) is 140 Å². The van der Waals surface area contributed by atoms with Crippen molar-refractivity contribution in [1.82, 2.24) is 0 Å². The molecule has 5 aromatic carbocycles. The van der Waals surface area contributed by atoms with E-state index < -0.39 is 0 Å². The van der Waals surface area contributed by atoms with Crippen LogP contribution in [-0.4, -0.2) is 7.05 Å². The first-order valence-corrected chi connectivity index (χ1v) is 12.1. The van der Waals surface area contributed by atoms with Gasteiger partial charge in [0.25, 0.3) is 0 Å². The van der Waals surface area contributed by atoms with Crippen molar-refractivity contribution in [3.8, 4) is 0 Å². The zero-order valence-corrected chi connectivity index (χ0v) is 20.3. The van der Waals surface area contributed by atoms with Crippen LogP contribution in [0.1, 0.15) is 24.0 Å². The summed E-state index contributed by atoms with van der Waals surface area (Å²) in [7, 11) is 2.11. The van der Waals surface area contributed by atoms with Crippen molar-refractivity contribution in [2.75, 3.05) is 16.8 Å². The fourth-order valence-electron chi connectivity index (χ4n) is 4.49. The highest BCUT2D eigenvalue weighted by Crippen LogP contribution is 2.35. The van der Waals surface area contributed by atoms with Crippen molar-refractivity contribution in [2.24, 2.45) is 0 Å². The lowest BCUT2D eigenvalue weighted by molar-refractivity contribution is 0.921. The van der Waals surface area contributed by atoms with Crippen LogP contribution in [0.5, 0.6) is 0 Å². The molecule has 0 aliphatic carbocycles. The average molecular weight is 455 g/mol. The Morgan fingerprint density at radius 3 is 1.14 bits per heavy atom. The third kappa shape index (κ3) is 4.97. The number of hydrogen-bond donors (Lipinski definition) is 0. The Kier molecular flexibility index (Phi) is 6.63. The van der Waals surface area contributed by atoms with Crippen LogP contribution >= 0.6 is 0 Å². The fraction of sp³-hybridized carbons (Fsp3) is 0.0909. The maximum Gasteiger partial charge on any atom is 0.0461 e. The van der Waals surface area contributed by atoms with E-state index in [0.29, 0.717) is 5.92 Å². The number of para-hydroxylation sites is 3. The predicted molar refractivity (Wildman–Crippen MR) is 150 cm³/mol. The molecule has 1 atom stereocenters. The number of anilines is 5. The Labute approximate surface area is 208 Å². The predicted octanol–water partition coefficient (Wildman–Crippen LogP) is 9.08. The van der Waals surface area contributed by atoms with Gasteiger partial charge in [0.1, 0.15) is 0 Å². The summed E-state index contributed by atoms with van der Waals surface area (Å²) in [4.78, 5) is 4.51. The molecule has 0 heterocycles. The molecule has 2 heteroatoms. The molecule has 35 heavy (non-hydrogen) atoms. The normalized spacial score (nSPS) is 11.6. The lowest BCUT2D eigenvalue weighted by Crippen LogP contribution is -2.10. The van der Waals surface area contributed by atoms with E-state index in [9.17, 15) is 0 Å². The quantitative estimate of drug-likeness (QED) is 0.242. The second-order valence-corrected chi connectivity index (χ2v) is 8.81. The summed E-state index contributed by atoms with van der Waals surface area (Å²) in [6.45, 7) is 2.27. The lowest BCUT2D eigenvalue weighted by atomic mass is 9.92. The molecule has 0 radical (unpaired) electrons. The molecule has 0 aliphatic heterocycles. The van der Waals surface area contributed by atoms with E-state index in [0.717, 1.165) is 17.1 Å². The van der Waals surface area contributed by atoms with Crippen LogP contribution in [0.4, 0.5) is 28.4 Å². The molecule has 0 N–H and O–H groups in total. The van der Waals surface area contributed by atoms with Crippen molar-refractivity contribution in [3.05, 3.63) is 151 Å². The van der Waals surface area contributed by atoms with E-state index in [1.165, 1.54) is 22.5 Å². The van der Waals surface area contributed by atoms with Crippen molar-refractivity contribution >= 4 is 28.4 Å². The van der Waals surface area contributed by atoms with Crippen molar-refractivity contribution in [1.29, 1.82) is 0 Å². The van der Waals surface area contributed by atoms with Crippen LogP contribution in [0.3, 0.4) is 0 Å². The summed E-state index contributed by atoms with van der Waals surface area (Å²) in [6, 6.07) is 49.4. The van der Waals surface area contributed by atoms with E-state index in [4.69, 9.17) is 0 Å². The standard InChI is InChI=1S/C33H30N2/c1-26(27-18-22-30(23-19-27)34(2)29-12-6-3-7-13-29)28-20-24-33(25-21-28)35(31-14-8-4-9-15-31)32-16-10-5-11-17-32/h3-26H,1-2H3. The highest BCUT2D eigenvalue weighted by Gasteiger charge is 2.14. The number of rotatable bonds is 7. The van der Waals surface area contributed by atoms with Gasteiger partial charge >= 0.3 is 0 Å². The first-order valence-electron chi connectivity index (χ1n) is 12.1. The third-order valence-corrected chi connectivity index (χ3v) is 6.60. The van der Waals surface area contributed by atoms with Gasteiger partial charge in [0, 0.05) is 41.4 Å². The number of benzene rings is 5. The Bertz CT molecular complexity index is 1290. The van der Waals surface area contributed by atoms with Gasteiger partial charge in [-0.05, 0) is 71.8 Å². The van der Waals surface area contributed by atoms with Gasteiger partial charge in [-0.1, -0.05) is 85.8 Å². The zero-order chi connectivity index (χ0) is 24.0. The van der Waals surface area contributed by atoms with Crippen LogP contribution in [0.25, 0.3) is 0 Å². The van der Waals surface area contributed by atoms with Crippen LogP contribution in [0.2, 0.25) is 0 Å². The molecule has 0 saturated heterocycles. The minimum absolute atomic E-state index is 0.307. The molecule has 0 amide bonds. The largest absolute Gasteiger partial charge is 0.345 e. The SMILES string of the molecule is CC(c1ccc(N(C)c2ccccc2)cc1)c1ccc(N(c2ccccc2)c2ccccc2)cc1. The number of hydrogen-bond acceptors (Lipinski definition) is 2. The molecule has 1 unspecified atom stereocenters. The molecule has 2 nitrogen and oxygen atoms in total. The van der Waals surface area contributed by atoms with E-state index in [2.05, 4.69) is 157 Å². The first-order chi connectivity index (χ1) is 17.2. The van der Waals surface area contributed by atoms with E-state index >= 15 is 0 Å². The average Bonchev–Trinajstić information content (AvgIpc) is 2.94. The summed E-state index contributed by atoms with van der Waals surface area (Å²) >= 11 is 0. The van der Waals surface area contributed by atoms with E-state index in [1.54, 1.807) is 0 Å². The molecule has 0 spiro atoms. The molecule has 0 aromatic heterocycles. The van der Waals surface area contributed by atoms with Crippen LogP contribution in [0, 0.1) is 0 Å². The Balaban J connectivity index is 1.38. The molecule has 5 rings (SSSR count). The summed E-state index contributed by atoms with van der Waals surface area (Å²) in [5.74, 6) is 0.307. The zero-order valence-electron chi connectivity index (χ0n) is 20.3. The monoisotopic (exact) mass is 454 g/mol. The molecule has 0 fully saturated rings. The minimum Gasteiger partial charge on any atom is -0.345 e. The van der Waals surface area contributed by atoms with Crippen molar-refractivity contribution in [3.63, 3.8) is 0 Å². The highest BCUT2D eigenvalue weighted by atomic mass is 15.1. The smallest absolute Gasteiger partial charge is 0.0461 e. The molecular weight excluding hydrogens is 424 g/mol. The van der Waals surface area contributed by atoms with Gasteiger partial charge in [-0.3, -0.25) is 0 Å². The Morgan fingerprint density at radius 1 is 0.400 bits per heavy atom. The van der Waals surface area contributed by atoms with Crippen LogP contribution in [-0.2, 0) is 0 Å². The fourth-order valence-corrected chi connectivity index (χ4v) is 4.49. The second kappa shape index (κ2) is 10.3. The van der Waals surface area contributed by atoms with Gasteiger partial charge in [0.15, 0.2) is 0 Å². The lowest BCUT2D eigenvalue weighted by Gasteiger charge is -2.26. The first kappa shape index (κ1) is 22.5. The minimum atomic E-state index is 0.307. The highest BCUT2D eigenvalue weighted by molar-refractivity contribution is 5.76. The summed E-state index contributed by atoms with van der Waals surface area (Å²) < 4.78 is 0. The van der Waals surface area contributed by atoms with Gasteiger partial charge in [-0.15, -0.1) is 0 Å². The van der Waals surface area contributed by atoms with Gasteiger partial charge in [0.05, 0.1) is 0 Å². The Hall–Kier alpha value is -4.30. The van der Waals surface area contributed by atoms with Crippen molar-refractivity contribution < 1.29 is 0 Å². The molecule has 0 saturated carbocycles. The van der Waals surface area contributed by atoms with Crippen LogP contribution < -0.4 is 9.80 Å². The Morgan fingerprint density at radius 2 is 0.714 bits per heavy atom. The number of nitrogens with zero attached hydrogens (tertiary/aromatic N) is 2. The molecule has 0 bridgehead atoms. The molecule has 0 aliphatic rings. The topological polar surface area (TPSA) is 6.48 Å². The summed E-state index contributed by atoms with van der Waals surface area (Å²) in [6.07, 6.45) is 0. The maximum absolute atomic E-state index is 2.29. The summed E-state index contributed by atoms with van der Waals surface area (Å²) in [5.41, 5.74) is 8.44. The molecule has 172 valence electrons. The third-order valence-electron chi connectivity index (χ3n) is 6.60. The van der Waals surface area contributed by atoms with Gasteiger partial charge < -0.3 is 9.80 Å². The maximum atomic E-state index is 2.29. The summed E-state index contributed by atoms with van der Waals surface area (Å²) in [5, 5.41) is 0. The molecular formula is C33H30N2. The molecule has 5 aromatic rings. The van der Waals surface area contributed by atoms with Gasteiger partial charge in [-0.25, -0.2) is 0 Å². The van der Waals surface area contributed by atoms with Crippen molar-refractivity contribution in [2.45, 2.75) is 12.8 Å². The van der Waals surface area contributed by atoms with E-state index in [1.807, 2.05) is 6.07 Å². The van der Waals surface area contributed by atoms with E-state index in [-0.39, 0.29) is 0 Å².